The Labute approximate surface area is 124 Å². The van der Waals surface area contributed by atoms with Gasteiger partial charge in [-0.2, -0.15) is 4.98 Å². The van der Waals surface area contributed by atoms with E-state index in [1.807, 2.05) is 51.2 Å². The summed E-state index contributed by atoms with van der Waals surface area (Å²) in [5.41, 5.74) is 2.52. The van der Waals surface area contributed by atoms with Crippen molar-refractivity contribution in [1.29, 1.82) is 0 Å². The van der Waals surface area contributed by atoms with Crippen LogP contribution >= 0.6 is 0 Å². The van der Waals surface area contributed by atoms with E-state index in [2.05, 4.69) is 10.3 Å². The fourth-order valence-electron chi connectivity index (χ4n) is 2.40. The number of hydrogen-bond donors (Lipinski definition) is 1. The van der Waals surface area contributed by atoms with Gasteiger partial charge in [0.15, 0.2) is 0 Å². The summed E-state index contributed by atoms with van der Waals surface area (Å²) in [6.07, 6.45) is 0. The number of nitrogens with zero attached hydrogens (tertiary/aromatic N) is 2. The van der Waals surface area contributed by atoms with Gasteiger partial charge in [0.2, 0.25) is 0 Å². The summed E-state index contributed by atoms with van der Waals surface area (Å²) in [5.74, 6) is 0.804. The third kappa shape index (κ3) is 3.49. The summed E-state index contributed by atoms with van der Waals surface area (Å²) in [5, 5.41) is 3.24. The third-order valence-corrected chi connectivity index (χ3v) is 3.56. The van der Waals surface area contributed by atoms with E-state index in [1.165, 1.54) is 0 Å². The highest BCUT2D eigenvalue weighted by atomic mass is 16.5. The van der Waals surface area contributed by atoms with E-state index in [9.17, 15) is 4.79 Å². The Morgan fingerprint density at radius 1 is 1.33 bits per heavy atom. The lowest BCUT2D eigenvalue weighted by atomic mass is 10.1. The normalized spacial score (nSPS) is 12.2. The molecule has 5 nitrogen and oxygen atoms in total. The first kappa shape index (κ1) is 15.3. The number of rotatable bonds is 5. The third-order valence-electron chi connectivity index (χ3n) is 3.56. The van der Waals surface area contributed by atoms with Gasteiger partial charge in [-0.25, -0.2) is 4.79 Å². The molecule has 1 unspecified atom stereocenters. The molecule has 1 atom stereocenters. The molecule has 0 bridgehead atoms. The van der Waals surface area contributed by atoms with Gasteiger partial charge >= 0.3 is 5.69 Å². The minimum Gasteiger partial charge on any atom is -0.497 e. The molecule has 0 saturated heterocycles. The standard InChI is InChI=1S/C16H21N3O2/c1-11-8-12(2)19(16(20)18-11)10-15(17-3)13-6-5-7-14(9-13)21-4/h5-9,15,17H,10H2,1-4H3. The monoisotopic (exact) mass is 287 g/mol. The summed E-state index contributed by atoms with van der Waals surface area (Å²) >= 11 is 0. The summed E-state index contributed by atoms with van der Waals surface area (Å²) in [7, 11) is 3.53. The molecule has 0 aliphatic rings. The number of benzene rings is 1. The van der Waals surface area contributed by atoms with Crippen molar-refractivity contribution in [2.24, 2.45) is 0 Å². The molecule has 5 heteroatoms. The van der Waals surface area contributed by atoms with Crippen LogP contribution in [0.15, 0.2) is 35.1 Å². The topological polar surface area (TPSA) is 56.2 Å². The first-order valence-corrected chi connectivity index (χ1v) is 6.91. The summed E-state index contributed by atoms with van der Waals surface area (Å²) in [6.45, 7) is 4.28. The molecule has 1 aromatic carbocycles. The molecular weight excluding hydrogens is 266 g/mol. The van der Waals surface area contributed by atoms with Crippen molar-refractivity contribution in [3.63, 3.8) is 0 Å². The van der Waals surface area contributed by atoms with E-state index in [0.717, 1.165) is 22.7 Å². The summed E-state index contributed by atoms with van der Waals surface area (Å²) in [6, 6.07) is 9.78. The second-order valence-corrected chi connectivity index (χ2v) is 5.05. The van der Waals surface area contributed by atoms with E-state index < -0.39 is 0 Å². The van der Waals surface area contributed by atoms with Crippen molar-refractivity contribution in [2.45, 2.75) is 26.4 Å². The molecule has 1 heterocycles. The van der Waals surface area contributed by atoms with Crippen LogP contribution in [0, 0.1) is 13.8 Å². The molecule has 0 saturated carbocycles. The maximum absolute atomic E-state index is 12.1. The van der Waals surface area contributed by atoms with Crippen LogP contribution in [0.5, 0.6) is 5.75 Å². The van der Waals surface area contributed by atoms with Gasteiger partial charge in [-0.3, -0.25) is 4.57 Å². The van der Waals surface area contributed by atoms with Crippen molar-refractivity contribution >= 4 is 0 Å². The van der Waals surface area contributed by atoms with Crippen molar-refractivity contribution in [1.82, 2.24) is 14.9 Å². The van der Waals surface area contributed by atoms with Crippen LogP contribution in [0.2, 0.25) is 0 Å². The highest BCUT2D eigenvalue weighted by Crippen LogP contribution is 2.20. The second-order valence-electron chi connectivity index (χ2n) is 5.05. The lowest BCUT2D eigenvalue weighted by molar-refractivity contribution is 0.411. The smallest absolute Gasteiger partial charge is 0.348 e. The van der Waals surface area contributed by atoms with Gasteiger partial charge in [0, 0.05) is 17.9 Å². The van der Waals surface area contributed by atoms with Gasteiger partial charge in [-0.1, -0.05) is 12.1 Å². The Bertz CT molecular complexity index is 679. The first-order valence-electron chi connectivity index (χ1n) is 6.91. The zero-order valence-corrected chi connectivity index (χ0v) is 12.9. The molecule has 112 valence electrons. The number of ether oxygens (including phenoxy) is 1. The van der Waals surface area contributed by atoms with Crippen molar-refractivity contribution in [3.05, 3.63) is 57.8 Å². The molecule has 21 heavy (non-hydrogen) atoms. The summed E-state index contributed by atoms with van der Waals surface area (Å²) < 4.78 is 6.94. The largest absolute Gasteiger partial charge is 0.497 e. The van der Waals surface area contributed by atoms with E-state index in [0.29, 0.717) is 6.54 Å². The quantitative estimate of drug-likeness (QED) is 0.911. The summed E-state index contributed by atoms with van der Waals surface area (Å²) in [4.78, 5) is 16.1. The SMILES string of the molecule is CNC(Cn1c(C)cc(C)nc1=O)c1cccc(OC)c1. The van der Waals surface area contributed by atoms with Gasteiger partial charge < -0.3 is 10.1 Å². The van der Waals surface area contributed by atoms with Gasteiger partial charge in [0.25, 0.3) is 0 Å². The highest BCUT2D eigenvalue weighted by Gasteiger charge is 2.13. The fraction of sp³-hybridized carbons (Fsp3) is 0.375. The van der Waals surface area contributed by atoms with E-state index in [4.69, 9.17) is 4.74 Å². The number of hydrogen-bond acceptors (Lipinski definition) is 4. The molecule has 0 fully saturated rings. The van der Waals surface area contributed by atoms with Crippen LogP contribution in [0.1, 0.15) is 23.0 Å². The van der Waals surface area contributed by atoms with E-state index in [1.54, 1.807) is 11.7 Å². The number of aromatic nitrogens is 2. The average molecular weight is 287 g/mol. The molecule has 0 aliphatic carbocycles. The molecule has 2 rings (SSSR count). The van der Waals surface area contributed by atoms with Crippen molar-refractivity contribution < 1.29 is 4.74 Å². The maximum Gasteiger partial charge on any atom is 0.348 e. The highest BCUT2D eigenvalue weighted by molar-refractivity contribution is 5.30. The lowest BCUT2D eigenvalue weighted by Gasteiger charge is -2.20. The number of nitrogens with one attached hydrogen (secondary N) is 1. The van der Waals surface area contributed by atoms with Crippen LogP contribution in [0.3, 0.4) is 0 Å². The maximum atomic E-state index is 12.1. The Balaban J connectivity index is 2.33. The first-order chi connectivity index (χ1) is 10.0. The zero-order chi connectivity index (χ0) is 15.4. The van der Waals surface area contributed by atoms with Crippen LogP contribution in [-0.4, -0.2) is 23.7 Å². The molecule has 0 aliphatic heterocycles. The molecule has 2 aromatic rings. The van der Waals surface area contributed by atoms with Crippen LogP contribution < -0.4 is 15.7 Å². The Kier molecular flexibility index (Phi) is 4.75. The molecule has 1 N–H and O–H groups in total. The lowest BCUT2D eigenvalue weighted by Crippen LogP contribution is -2.31. The molecular formula is C16H21N3O2. The number of methoxy groups -OCH3 is 1. The molecule has 0 radical (unpaired) electrons. The second kappa shape index (κ2) is 6.54. The van der Waals surface area contributed by atoms with Crippen LogP contribution in [-0.2, 0) is 6.54 Å². The predicted molar refractivity (Wildman–Crippen MR) is 82.8 cm³/mol. The number of likely N-dealkylation sites (N-methyl/N-ethyl adjacent to an activating group) is 1. The van der Waals surface area contributed by atoms with Gasteiger partial charge in [-0.05, 0) is 44.7 Å². The molecule has 0 amide bonds. The Morgan fingerprint density at radius 2 is 2.10 bits per heavy atom. The van der Waals surface area contributed by atoms with Crippen molar-refractivity contribution in [2.75, 3.05) is 14.2 Å². The Hall–Kier alpha value is -2.14. The number of aryl methyl sites for hydroxylation is 2. The Morgan fingerprint density at radius 3 is 2.71 bits per heavy atom. The van der Waals surface area contributed by atoms with Gasteiger partial charge in [0.05, 0.1) is 13.2 Å². The molecule has 0 spiro atoms. The van der Waals surface area contributed by atoms with E-state index >= 15 is 0 Å². The zero-order valence-electron chi connectivity index (χ0n) is 12.9. The van der Waals surface area contributed by atoms with Crippen LogP contribution in [0.4, 0.5) is 0 Å². The van der Waals surface area contributed by atoms with Crippen LogP contribution in [0.25, 0.3) is 0 Å². The minimum atomic E-state index is -0.212. The van der Waals surface area contributed by atoms with Crippen molar-refractivity contribution in [3.8, 4) is 5.75 Å². The van der Waals surface area contributed by atoms with Gasteiger partial charge in [0.1, 0.15) is 5.75 Å². The minimum absolute atomic E-state index is 0.0148. The van der Waals surface area contributed by atoms with E-state index in [-0.39, 0.29) is 11.7 Å². The molecule has 1 aromatic heterocycles. The predicted octanol–water partition coefficient (Wildman–Crippen LogP) is 1.83. The average Bonchev–Trinajstić information content (AvgIpc) is 2.46. The fourth-order valence-corrected chi connectivity index (χ4v) is 2.40. The van der Waals surface area contributed by atoms with Gasteiger partial charge in [-0.15, -0.1) is 0 Å².